The maximum Gasteiger partial charge on any atom is 0.0840 e. The van der Waals surface area contributed by atoms with Crippen molar-refractivity contribution in [1.82, 2.24) is 4.98 Å². The van der Waals surface area contributed by atoms with Gasteiger partial charge in [0.1, 0.15) is 0 Å². The Morgan fingerprint density at radius 1 is 1.50 bits per heavy atom. The zero-order valence-corrected chi connectivity index (χ0v) is 5.10. The number of hydrogen-bond acceptors (Lipinski definition) is 1. The minimum Gasteiger partial charge on any atom is -0.264 e. The van der Waals surface area contributed by atoms with Gasteiger partial charge in [0, 0.05) is 12.4 Å². The first-order chi connectivity index (χ1) is 4.20. The monoisotopic (exact) mass is 108 g/mol. The zero-order valence-electron chi connectivity index (χ0n) is 6.10. The molecule has 1 heteroatoms. The molecule has 0 unspecified atom stereocenters. The molecular formula is C7H9N. The summed E-state index contributed by atoms with van der Waals surface area (Å²) in [6.07, 6.45) is 2.07. The molecule has 8 heavy (non-hydrogen) atoms. The second kappa shape index (κ2) is 1.95. The molecular weight excluding hydrogens is 98.1 g/mol. The molecule has 0 aliphatic rings. The molecule has 0 N–H and O–H groups in total. The molecule has 0 radical (unpaired) electrons. The fourth-order valence-electron chi connectivity index (χ4n) is 0.484. The summed E-state index contributed by atoms with van der Waals surface area (Å²) in [4.78, 5) is 3.81. The van der Waals surface area contributed by atoms with Gasteiger partial charge >= 0.3 is 0 Å². The van der Waals surface area contributed by atoms with E-state index in [0.29, 0.717) is 6.17 Å². The Labute approximate surface area is 50.8 Å². The molecule has 0 aliphatic heterocycles. The van der Waals surface area contributed by atoms with Gasteiger partial charge in [0.05, 0.1) is 1.37 Å². The molecule has 42 valence electrons. The van der Waals surface area contributed by atoms with Crippen LogP contribution < -0.4 is 0 Å². The molecule has 1 rings (SSSR count). The van der Waals surface area contributed by atoms with Crippen LogP contribution in [0.4, 0.5) is 0 Å². The smallest absolute Gasteiger partial charge is 0.0840 e. The van der Waals surface area contributed by atoms with Crippen molar-refractivity contribution < 1.29 is 1.37 Å². The highest BCUT2D eigenvalue weighted by atomic mass is 14.6. The minimum absolute atomic E-state index is 0.345. The summed E-state index contributed by atoms with van der Waals surface area (Å²) in [6, 6.07) is 1.76. The van der Waals surface area contributed by atoms with E-state index in [2.05, 4.69) is 4.98 Å². The second-order valence-corrected chi connectivity index (χ2v) is 1.90. The quantitative estimate of drug-likeness (QED) is 0.493. The Hall–Kier alpha value is -0.850. The van der Waals surface area contributed by atoms with Crippen LogP contribution in [0.15, 0.2) is 18.4 Å². The van der Waals surface area contributed by atoms with E-state index in [-0.39, 0.29) is 0 Å². The summed E-state index contributed by atoms with van der Waals surface area (Å²) in [5.41, 5.74) is 2.28. The average molecular weight is 108 g/mol. The number of hydrogen-bond donors (Lipinski definition) is 0. The van der Waals surface area contributed by atoms with Crippen molar-refractivity contribution in [3.05, 3.63) is 29.6 Å². The molecule has 0 aliphatic carbocycles. The van der Waals surface area contributed by atoms with E-state index in [1.54, 1.807) is 12.3 Å². The standard InChI is InChI=1S/C7H9N/c1-6-3-4-8-5-7(6)2/h3-5H,1-2H3/i4D. The van der Waals surface area contributed by atoms with E-state index in [4.69, 9.17) is 1.37 Å². The topological polar surface area (TPSA) is 12.9 Å². The molecule has 0 saturated heterocycles. The molecule has 1 aromatic rings. The van der Waals surface area contributed by atoms with Gasteiger partial charge < -0.3 is 0 Å². The van der Waals surface area contributed by atoms with Gasteiger partial charge in [0.15, 0.2) is 0 Å². The maximum atomic E-state index is 7.12. The van der Waals surface area contributed by atoms with Crippen molar-refractivity contribution in [2.24, 2.45) is 0 Å². The lowest BCUT2D eigenvalue weighted by Gasteiger charge is -1.92. The van der Waals surface area contributed by atoms with Gasteiger partial charge in [-0.05, 0) is 31.0 Å². The molecule has 0 spiro atoms. The normalized spacial score (nSPS) is 11.0. The van der Waals surface area contributed by atoms with Gasteiger partial charge in [0.25, 0.3) is 0 Å². The molecule has 1 nitrogen and oxygen atoms in total. The summed E-state index contributed by atoms with van der Waals surface area (Å²) in [5.74, 6) is 0. The van der Waals surface area contributed by atoms with E-state index in [1.165, 1.54) is 0 Å². The van der Waals surface area contributed by atoms with Crippen molar-refractivity contribution in [3.63, 3.8) is 0 Å². The SMILES string of the molecule is [2H]c1cc(C)c(C)cn1. The van der Waals surface area contributed by atoms with Crippen LogP contribution in [0.5, 0.6) is 0 Å². The lowest BCUT2D eigenvalue weighted by Crippen LogP contribution is -1.78. The Morgan fingerprint density at radius 3 is 2.75 bits per heavy atom. The third-order valence-corrected chi connectivity index (χ3v) is 1.24. The van der Waals surface area contributed by atoms with Crippen LogP contribution in [0, 0.1) is 13.8 Å². The largest absolute Gasteiger partial charge is 0.264 e. The second-order valence-electron chi connectivity index (χ2n) is 1.90. The van der Waals surface area contributed by atoms with Crippen molar-refractivity contribution in [2.75, 3.05) is 0 Å². The van der Waals surface area contributed by atoms with E-state index in [0.717, 1.165) is 11.1 Å². The Morgan fingerprint density at radius 2 is 2.25 bits per heavy atom. The zero-order chi connectivity index (χ0) is 6.85. The lowest BCUT2D eigenvalue weighted by molar-refractivity contribution is 1.22. The summed E-state index contributed by atoms with van der Waals surface area (Å²) >= 11 is 0. The van der Waals surface area contributed by atoms with E-state index < -0.39 is 0 Å². The molecule has 0 fully saturated rings. The van der Waals surface area contributed by atoms with Gasteiger partial charge in [-0.15, -0.1) is 0 Å². The maximum absolute atomic E-state index is 7.12. The summed E-state index contributed by atoms with van der Waals surface area (Å²) < 4.78 is 7.12. The first-order valence-electron chi connectivity index (χ1n) is 3.10. The molecule has 0 saturated carbocycles. The summed E-state index contributed by atoms with van der Waals surface area (Å²) in [7, 11) is 0. The molecule has 1 heterocycles. The molecule has 0 atom stereocenters. The number of aryl methyl sites for hydroxylation is 2. The van der Waals surface area contributed by atoms with E-state index >= 15 is 0 Å². The third-order valence-electron chi connectivity index (χ3n) is 1.24. The Bertz CT molecular complexity index is 220. The van der Waals surface area contributed by atoms with E-state index in [9.17, 15) is 0 Å². The van der Waals surface area contributed by atoms with Gasteiger partial charge in [-0.1, -0.05) is 0 Å². The Balaban J connectivity index is 3.17. The van der Waals surface area contributed by atoms with Gasteiger partial charge in [-0.25, -0.2) is 0 Å². The first-order valence-corrected chi connectivity index (χ1v) is 2.60. The highest BCUT2D eigenvalue weighted by Crippen LogP contribution is 2.00. The van der Waals surface area contributed by atoms with Gasteiger partial charge in [0.2, 0.25) is 0 Å². The molecule has 0 amide bonds. The van der Waals surface area contributed by atoms with Crippen LogP contribution in [0.3, 0.4) is 0 Å². The summed E-state index contributed by atoms with van der Waals surface area (Å²) in [6.45, 7) is 3.97. The van der Waals surface area contributed by atoms with Crippen LogP contribution in [0.25, 0.3) is 0 Å². The van der Waals surface area contributed by atoms with Crippen LogP contribution in [0.1, 0.15) is 12.5 Å². The number of nitrogens with zero attached hydrogens (tertiary/aromatic N) is 1. The van der Waals surface area contributed by atoms with Gasteiger partial charge in [-0.3, -0.25) is 4.98 Å². The van der Waals surface area contributed by atoms with Crippen molar-refractivity contribution >= 4 is 0 Å². The molecule has 1 aromatic heterocycles. The van der Waals surface area contributed by atoms with Crippen LogP contribution >= 0.6 is 0 Å². The fourth-order valence-corrected chi connectivity index (χ4v) is 0.484. The average Bonchev–Trinajstić information content (AvgIpc) is 1.80. The van der Waals surface area contributed by atoms with Crippen LogP contribution in [0.2, 0.25) is 0 Å². The minimum atomic E-state index is 0.345. The number of pyridine rings is 1. The highest BCUT2D eigenvalue weighted by molar-refractivity contribution is 5.18. The Kier molecular flexibility index (Phi) is 0.992. The van der Waals surface area contributed by atoms with E-state index in [1.807, 2.05) is 13.8 Å². The van der Waals surface area contributed by atoms with Crippen molar-refractivity contribution in [2.45, 2.75) is 13.8 Å². The third kappa shape index (κ3) is 0.861. The van der Waals surface area contributed by atoms with Crippen LogP contribution in [-0.4, -0.2) is 4.98 Å². The number of aromatic nitrogens is 1. The fraction of sp³-hybridized carbons (Fsp3) is 0.286. The van der Waals surface area contributed by atoms with Crippen molar-refractivity contribution in [3.8, 4) is 0 Å². The predicted octanol–water partition coefficient (Wildman–Crippen LogP) is 1.70. The first kappa shape index (κ1) is 4.07. The molecule has 0 bridgehead atoms. The lowest BCUT2D eigenvalue weighted by atomic mass is 10.2. The molecule has 0 aromatic carbocycles. The number of rotatable bonds is 0. The predicted molar refractivity (Wildman–Crippen MR) is 33.7 cm³/mol. The van der Waals surface area contributed by atoms with Gasteiger partial charge in [-0.2, -0.15) is 0 Å². The highest BCUT2D eigenvalue weighted by Gasteiger charge is 1.84. The van der Waals surface area contributed by atoms with Crippen LogP contribution in [-0.2, 0) is 0 Å². The van der Waals surface area contributed by atoms with Crippen molar-refractivity contribution in [1.29, 1.82) is 0 Å². The summed E-state index contributed by atoms with van der Waals surface area (Å²) in [5, 5.41) is 0.